The molecule has 0 atom stereocenters. The Kier molecular flexibility index (Phi) is 7.30. The van der Waals surface area contributed by atoms with Gasteiger partial charge < -0.3 is 10.1 Å². The van der Waals surface area contributed by atoms with E-state index in [1.54, 1.807) is 0 Å². The van der Waals surface area contributed by atoms with Gasteiger partial charge in [0.1, 0.15) is 0 Å². The molecule has 0 aromatic rings. The number of hydrogen-bond donors (Lipinski definition) is 1. The maximum Gasteiger partial charge on any atom is 0.389 e. The van der Waals surface area contributed by atoms with E-state index >= 15 is 0 Å². The molecule has 0 amide bonds. The van der Waals surface area contributed by atoms with E-state index < -0.39 is 12.6 Å². The monoisotopic (exact) mass is 295 g/mol. The van der Waals surface area contributed by atoms with Crippen LogP contribution in [0.4, 0.5) is 13.2 Å². The van der Waals surface area contributed by atoms with Crippen molar-refractivity contribution in [2.24, 2.45) is 5.92 Å². The van der Waals surface area contributed by atoms with Crippen LogP contribution in [0, 0.1) is 5.92 Å². The highest BCUT2D eigenvalue weighted by Crippen LogP contribution is 2.37. The predicted octanol–water partition coefficient (Wildman–Crippen LogP) is 4.29. The second-order valence-corrected chi connectivity index (χ2v) is 6.01. The summed E-state index contributed by atoms with van der Waals surface area (Å²) in [7, 11) is 1.87. The summed E-state index contributed by atoms with van der Waals surface area (Å²) >= 11 is 0. The van der Waals surface area contributed by atoms with Gasteiger partial charge in [0.2, 0.25) is 0 Å². The molecule has 1 fully saturated rings. The van der Waals surface area contributed by atoms with Gasteiger partial charge in [0, 0.05) is 19.6 Å². The van der Waals surface area contributed by atoms with Crippen LogP contribution in [0.3, 0.4) is 0 Å². The minimum absolute atomic E-state index is 0.0629. The van der Waals surface area contributed by atoms with Crippen molar-refractivity contribution in [1.82, 2.24) is 5.32 Å². The van der Waals surface area contributed by atoms with Crippen LogP contribution in [0.2, 0.25) is 0 Å². The molecule has 1 rings (SSSR count). The number of rotatable bonds is 8. The van der Waals surface area contributed by atoms with Crippen molar-refractivity contribution in [2.75, 3.05) is 20.2 Å². The van der Waals surface area contributed by atoms with Crippen molar-refractivity contribution in [3.05, 3.63) is 0 Å². The SMILES string of the molecule is CCCC1CCC(CNC)(OCCCC(F)(F)F)CC1. The van der Waals surface area contributed by atoms with Crippen molar-refractivity contribution in [3.63, 3.8) is 0 Å². The molecule has 0 bridgehead atoms. The summed E-state index contributed by atoms with van der Waals surface area (Å²) in [5.74, 6) is 0.767. The first kappa shape index (κ1) is 17.8. The zero-order valence-electron chi connectivity index (χ0n) is 12.7. The summed E-state index contributed by atoms with van der Waals surface area (Å²) in [5, 5.41) is 3.14. The van der Waals surface area contributed by atoms with Gasteiger partial charge >= 0.3 is 6.18 Å². The maximum absolute atomic E-state index is 12.1. The van der Waals surface area contributed by atoms with E-state index in [-0.39, 0.29) is 18.6 Å². The molecule has 0 aromatic carbocycles. The predicted molar refractivity (Wildman–Crippen MR) is 74.8 cm³/mol. The summed E-state index contributed by atoms with van der Waals surface area (Å²) < 4.78 is 42.3. The number of ether oxygens (including phenoxy) is 1. The Morgan fingerprint density at radius 3 is 2.40 bits per heavy atom. The molecule has 1 saturated carbocycles. The van der Waals surface area contributed by atoms with Crippen LogP contribution >= 0.6 is 0 Å². The van der Waals surface area contributed by atoms with Crippen molar-refractivity contribution in [1.29, 1.82) is 0 Å². The molecule has 1 aliphatic carbocycles. The topological polar surface area (TPSA) is 21.3 Å². The standard InChI is InChI=1S/C15H28F3NO/c1-3-5-13-6-9-14(10-7-13,12-19-2)20-11-4-8-15(16,17)18/h13,19H,3-12H2,1-2H3. The molecule has 0 unspecified atom stereocenters. The van der Waals surface area contributed by atoms with Crippen molar-refractivity contribution in [2.45, 2.75) is 70.1 Å². The van der Waals surface area contributed by atoms with Gasteiger partial charge in [-0.2, -0.15) is 13.2 Å². The van der Waals surface area contributed by atoms with Gasteiger partial charge in [-0.1, -0.05) is 19.8 Å². The Balaban J connectivity index is 2.36. The van der Waals surface area contributed by atoms with E-state index in [2.05, 4.69) is 12.2 Å². The lowest BCUT2D eigenvalue weighted by molar-refractivity contribution is -0.144. The van der Waals surface area contributed by atoms with Gasteiger partial charge in [-0.3, -0.25) is 0 Å². The Morgan fingerprint density at radius 2 is 1.90 bits per heavy atom. The third-order valence-corrected chi connectivity index (χ3v) is 4.23. The van der Waals surface area contributed by atoms with E-state index in [1.807, 2.05) is 7.05 Å². The summed E-state index contributed by atoms with van der Waals surface area (Å²) in [6, 6.07) is 0. The fourth-order valence-electron chi connectivity index (χ4n) is 3.16. The van der Waals surface area contributed by atoms with Crippen LogP contribution in [0.25, 0.3) is 0 Å². The second-order valence-electron chi connectivity index (χ2n) is 6.01. The van der Waals surface area contributed by atoms with Crippen molar-refractivity contribution >= 4 is 0 Å². The van der Waals surface area contributed by atoms with Crippen molar-refractivity contribution in [3.8, 4) is 0 Å². The van der Waals surface area contributed by atoms with Crippen molar-refractivity contribution < 1.29 is 17.9 Å². The summed E-state index contributed by atoms with van der Waals surface area (Å²) in [6.07, 6.45) is 1.89. The third kappa shape index (κ3) is 6.44. The molecule has 0 radical (unpaired) electrons. The maximum atomic E-state index is 12.1. The van der Waals surface area contributed by atoms with Crippen LogP contribution in [0.1, 0.15) is 58.3 Å². The third-order valence-electron chi connectivity index (χ3n) is 4.23. The van der Waals surface area contributed by atoms with Gasteiger partial charge in [-0.05, 0) is 45.1 Å². The molecule has 20 heavy (non-hydrogen) atoms. The summed E-state index contributed by atoms with van der Waals surface area (Å²) in [6.45, 7) is 3.14. The molecule has 0 heterocycles. The van der Waals surface area contributed by atoms with E-state index in [1.165, 1.54) is 12.8 Å². The fourth-order valence-corrected chi connectivity index (χ4v) is 3.16. The first-order valence-electron chi connectivity index (χ1n) is 7.76. The minimum atomic E-state index is -4.07. The normalized spacial score (nSPS) is 27.8. The largest absolute Gasteiger partial charge is 0.389 e. The van der Waals surface area contributed by atoms with Crippen LogP contribution in [0.5, 0.6) is 0 Å². The molecular formula is C15H28F3NO. The highest BCUT2D eigenvalue weighted by atomic mass is 19.4. The number of hydrogen-bond acceptors (Lipinski definition) is 2. The quantitative estimate of drug-likeness (QED) is 0.674. The van der Waals surface area contributed by atoms with Gasteiger partial charge in [0.15, 0.2) is 0 Å². The minimum Gasteiger partial charge on any atom is -0.374 e. The zero-order chi connectivity index (χ0) is 15.1. The molecule has 5 heteroatoms. The lowest BCUT2D eigenvalue weighted by Gasteiger charge is -2.40. The highest BCUT2D eigenvalue weighted by Gasteiger charge is 2.35. The van der Waals surface area contributed by atoms with E-state index in [0.717, 1.165) is 38.1 Å². The zero-order valence-corrected chi connectivity index (χ0v) is 12.7. The van der Waals surface area contributed by atoms with E-state index in [9.17, 15) is 13.2 Å². The highest BCUT2D eigenvalue weighted by molar-refractivity contribution is 4.89. The fraction of sp³-hybridized carbons (Fsp3) is 1.00. The molecule has 0 aliphatic heterocycles. The summed E-state index contributed by atoms with van der Waals surface area (Å²) in [5.41, 5.74) is -0.245. The molecule has 2 nitrogen and oxygen atoms in total. The molecule has 1 N–H and O–H groups in total. The van der Waals surface area contributed by atoms with Gasteiger partial charge in [-0.25, -0.2) is 0 Å². The van der Waals surface area contributed by atoms with E-state index in [0.29, 0.717) is 0 Å². The summed E-state index contributed by atoms with van der Waals surface area (Å²) in [4.78, 5) is 0. The Hall–Kier alpha value is -0.290. The number of nitrogens with one attached hydrogen (secondary N) is 1. The number of halogens is 3. The van der Waals surface area contributed by atoms with Gasteiger partial charge in [0.25, 0.3) is 0 Å². The Bertz CT molecular complexity index is 260. The van der Waals surface area contributed by atoms with E-state index in [4.69, 9.17) is 4.74 Å². The number of likely N-dealkylation sites (N-methyl/N-ethyl adjacent to an activating group) is 1. The average molecular weight is 295 g/mol. The molecule has 0 saturated heterocycles. The lowest BCUT2D eigenvalue weighted by Crippen LogP contribution is -2.45. The lowest BCUT2D eigenvalue weighted by atomic mass is 9.77. The first-order chi connectivity index (χ1) is 9.41. The second kappa shape index (κ2) is 8.23. The molecular weight excluding hydrogens is 267 g/mol. The van der Waals surface area contributed by atoms with Gasteiger partial charge in [-0.15, -0.1) is 0 Å². The van der Waals surface area contributed by atoms with Crippen LogP contribution in [-0.4, -0.2) is 32.0 Å². The number of alkyl halides is 3. The smallest absolute Gasteiger partial charge is 0.374 e. The Labute approximate surface area is 120 Å². The average Bonchev–Trinajstić information content (AvgIpc) is 2.37. The molecule has 0 spiro atoms. The first-order valence-corrected chi connectivity index (χ1v) is 7.76. The van der Waals surface area contributed by atoms with Crippen LogP contribution in [0.15, 0.2) is 0 Å². The molecule has 1 aliphatic rings. The van der Waals surface area contributed by atoms with Crippen LogP contribution < -0.4 is 5.32 Å². The molecule has 0 aromatic heterocycles. The van der Waals surface area contributed by atoms with Crippen LogP contribution in [-0.2, 0) is 4.74 Å². The Morgan fingerprint density at radius 1 is 1.25 bits per heavy atom. The molecule has 120 valence electrons. The van der Waals surface area contributed by atoms with Gasteiger partial charge in [0.05, 0.1) is 5.60 Å².